The van der Waals surface area contributed by atoms with Crippen molar-refractivity contribution in [2.24, 2.45) is 34.5 Å². The summed E-state index contributed by atoms with van der Waals surface area (Å²) in [4.78, 5) is 16.5. The minimum atomic E-state index is -0.524. The van der Waals surface area contributed by atoms with Crippen LogP contribution in [0.4, 0.5) is 4.79 Å². The van der Waals surface area contributed by atoms with Crippen molar-refractivity contribution in [3.63, 3.8) is 0 Å². The third-order valence-electron chi connectivity index (χ3n) is 10.1. The summed E-state index contributed by atoms with van der Waals surface area (Å²) in [5.74, 6) is 2.63. The minimum absolute atomic E-state index is 0.129. The Hall–Kier alpha value is -1.81. The van der Waals surface area contributed by atoms with Crippen LogP contribution < -0.4 is 5.48 Å². The zero-order valence-electron chi connectivity index (χ0n) is 24.0. The number of fused-ring (bicyclic) bond motifs is 1. The topological polar surface area (TPSA) is 47.6 Å². The first kappa shape index (κ1) is 28.8. The van der Waals surface area contributed by atoms with Gasteiger partial charge in [0.2, 0.25) is 0 Å². The fourth-order valence-electron chi connectivity index (χ4n) is 6.94. The maximum Gasteiger partial charge on any atom is 0.431 e. The van der Waals surface area contributed by atoms with Crippen LogP contribution in [0.25, 0.3) is 0 Å². The lowest BCUT2D eigenvalue weighted by molar-refractivity contribution is 0.0315. The smallest absolute Gasteiger partial charge is 0.431 e. The van der Waals surface area contributed by atoms with Crippen molar-refractivity contribution in [1.82, 2.24) is 5.48 Å². The average molecular weight is 498 g/mol. The third kappa shape index (κ3) is 6.54. The van der Waals surface area contributed by atoms with E-state index in [0.29, 0.717) is 28.6 Å². The summed E-state index contributed by atoms with van der Waals surface area (Å²) >= 11 is 0. The van der Waals surface area contributed by atoms with Crippen LogP contribution in [0.3, 0.4) is 0 Å². The molecule has 3 aliphatic carbocycles. The van der Waals surface area contributed by atoms with Gasteiger partial charge in [-0.2, -0.15) is 5.48 Å². The van der Waals surface area contributed by atoms with E-state index in [-0.39, 0.29) is 6.10 Å². The predicted molar refractivity (Wildman–Crippen MR) is 149 cm³/mol. The number of nitrogens with one attached hydrogen (secondary N) is 1. The van der Waals surface area contributed by atoms with E-state index in [0.717, 1.165) is 25.2 Å². The van der Waals surface area contributed by atoms with Crippen molar-refractivity contribution in [3.8, 4) is 0 Å². The van der Waals surface area contributed by atoms with E-state index in [1.54, 1.807) is 5.57 Å². The molecule has 4 nitrogen and oxygen atoms in total. The number of hydrogen-bond donors (Lipinski definition) is 1. The van der Waals surface area contributed by atoms with Gasteiger partial charge in [0, 0.05) is 6.42 Å². The van der Waals surface area contributed by atoms with Crippen LogP contribution in [0.2, 0.25) is 0 Å². The Morgan fingerprint density at radius 3 is 2.64 bits per heavy atom. The van der Waals surface area contributed by atoms with Crippen molar-refractivity contribution in [3.05, 3.63) is 47.6 Å². The Kier molecular flexibility index (Phi) is 9.71. The molecule has 0 aliphatic heterocycles. The van der Waals surface area contributed by atoms with Crippen molar-refractivity contribution in [1.29, 1.82) is 0 Å². The summed E-state index contributed by atoms with van der Waals surface area (Å²) in [6.45, 7) is 18.8. The van der Waals surface area contributed by atoms with Gasteiger partial charge in [-0.15, -0.1) is 0 Å². The molecule has 1 N–H and O–H groups in total. The lowest BCUT2D eigenvalue weighted by Gasteiger charge is -2.44. The van der Waals surface area contributed by atoms with E-state index in [2.05, 4.69) is 82.7 Å². The zero-order valence-corrected chi connectivity index (χ0v) is 24.0. The number of ether oxygens (including phenoxy) is 1. The summed E-state index contributed by atoms with van der Waals surface area (Å²) in [5.41, 5.74) is 6.99. The van der Waals surface area contributed by atoms with Crippen LogP contribution in [-0.4, -0.2) is 19.3 Å². The van der Waals surface area contributed by atoms with Crippen LogP contribution >= 0.6 is 0 Å². The van der Waals surface area contributed by atoms with E-state index < -0.39 is 6.09 Å². The number of allylic oxidation sites excluding steroid dienone is 6. The van der Waals surface area contributed by atoms with Gasteiger partial charge in [0.05, 0.1) is 7.11 Å². The second-order valence-electron chi connectivity index (χ2n) is 12.6. The van der Waals surface area contributed by atoms with Crippen LogP contribution in [0.5, 0.6) is 0 Å². The molecule has 3 aliphatic rings. The Bertz CT molecular complexity index is 882. The Labute approximate surface area is 220 Å². The fraction of sp³-hybridized carbons (Fsp3) is 0.719. The molecule has 3 saturated carbocycles. The SMILES string of the molecule is C=C1CCC(OC(=O)NOC)CC1=CC=C1CCCC2(C)C1CCC2C(C)C=CC(C)C(C)(C)CC. The van der Waals surface area contributed by atoms with Gasteiger partial charge in [-0.05, 0) is 85.0 Å². The molecule has 0 spiro atoms. The standard InChI is InChI=1S/C32H51NO3/c1-9-31(5,6)24(4)14-12-23(3)28-18-19-29-25(11-10-20-32(28,29)7)15-16-26-21-27(17-13-22(26)2)36-30(34)33-35-8/h12,14-16,23-24,27-29H,2,9-11,13,17-21H2,1,3-8H3,(H,33,34). The monoisotopic (exact) mass is 497 g/mol. The van der Waals surface area contributed by atoms with E-state index in [9.17, 15) is 4.79 Å². The molecule has 0 heterocycles. The lowest BCUT2D eigenvalue weighted by Crippen LogP contribution is -2.35. The predicted octanol–water partition coefficient (Wildman–Crippen LogP) is 8.72. The molecular weight excluding hydrogens is 446 g/mol. The molecule has 1 amide bonds. The summed E-state index contributed by atoms with van der Waals surface area (Å²) in [6, 6.07) is 0. The molecule has 202 valence electrons. The average Bonchev–Trinajstić information content (AvgIpc) is 3.20. The number of hydroxylamine groups is 1. The molecule has 3 fully saturated rings. The van der Waals surface area contributed by atoms with Crippen molar-refractivity contribution >= 4 is 6.09 Å². The third-order valence-corrected chi connectivity index (χ3v) is 10.1. The van der Waals surface area contributed by atoms with Crippen molar-refractivity contribution in [2.75, 3.05) is 7.11 Å². The van der Waals surface area contributed by atoms with Crippen molar-refractivity contribution < 1.29 is 14.4 Å². The second-order valence-corrected chi connectivity index (χ2v) is 12.6. The highest BCUT2D eigenvalue weighted by molar-refractivity contribution is 5.66. The molecule has 0 saturated heterocycles. The molecule has 6 atom stereocenters. The minimum Gasteiger partial charge on any atom is -0.444 e. The Morgan fingerprint density at radius 1 is 1.19 bits per heavy atom. The summed E-state index contributed by atoms with van der Waals surface area (Å²) in [7, 11) is 1.41. The highest BCUT2D eigenvalue weighted by Crippen LogP contribution is 2.59. The van der Waals surface area contributed by atoms with Crippen LogP contribution in [0, 0.1) is 34.5 Å². The molecule has 0 aromatic rings. The summed E-state index contributed by atoms with van der Waals surface area (Å²) in [6.07, 6.45) is 19.1. The van der Waals surface area contributed by atoms with Gasteiger partial charge in [-0.3, -0.25) is 4.84 Å². The number of carbonyl (C=O) groups excluding carboxylic acids is 1. The lowest BCUT2D eigenvalue weighted by atomic mass is 9.61. The van der Waals surface area contributed by atoms with Gasteiger partial charge in [-0.25, -0.2) is 4.79 Å². The van der Waals surface area contributed by atoms with Gasteiger partial charge in [-0.1, -0.05) is 90.0 Å². The van der Waals surface area contributed by atoms with Crippen LogP contribution in [0.1, 0.15) is 99.3 Å². The first-order chi connectivity index (χ1) is 17.0. The normalized spacial score (nSPS) is 33.1. The number of rotatable bonds is 8. The summed E-state index contributed by atoms with van der Waals surface area (Å²) in [5, 5.41) is 0. The molecule has 0 aromatic carbocycles. The van der Waals surface area contributed by atoms with E-state index in [1.165, 1.54) is 56.8 Å². The van der Waals surface area contributed by atoms with Gasteiger partial charge in [0.1, 0.15) is 6.10 Å². The highest BCUT2D eigenvalue weighted by Gasteiger charge is 2.50. The van der Waals surface area contributed by atoms with Crippen LogP contribution in [0.15, 0.2) is 47.6 Å². The van der Waals surface area contributed by atoms with Gasteiger partial charge in [0.15, 0.2) is 0 Å². The first-order valence-corrected chi connectivity index (χ1v) is 14.3. The molecule has 4 heteroatoms. The Morgan fingerprint density at radius 2 is 1.94 bits per heavy atom. The van der Waals surface area contributed by atoms with Gasteiger partial charge < -0.3 is 4.74 Å². The number of amides is 1. The molecule has 0 bridgehead atoms. The zero-order chi connectivity index (χ0) is 26.5. The molecular formula is C32H51NO3. The van der Waals surface area contributed by atoms with E-state index >= 15 is 0 Å². The maximum atomic E-state index is 11.8. The van der Waals surface area contributed by atoms with Gasteiger partial charge in [0.25, 0.3) is 0 Å². The molecule has 3 rings (SSSR count). The molecule has 0 aromatic heterocycles. The molecule has 0 radical (unpaired) electrons. The van der Waals surface area contributed by atoms with Crippen molar-refractivity contribution in [2.45, 2.75) is 105 Å². The van der Waals surface area contributed by atoms with Gasteiger partial charge >= 0.3 is 6.09 Å². The highest BCUT2D eigenvalue weighted by atomic mass is 16.7. The fourth-order valence-corrected chi connectivity index (χ4v) is 6.94. The van der Waals surface area contributed by atoms with Crippen LogP contribution in [-0.2, 0) is 9.57 Å². The van der Waals surface area contributed by atoms with E-state index in [1.807, 2.05) is 0 Å². The Balaban J connectivity index is 1.71. The van der Waals surface area contributed by atoms with E-state index in [4.69, 9.17) is 4.74 Å². The largest absolute Gasteiger partial charge is 0.444 e. The number of carbonyl (C=O) groups is 1. The maximum absolute atomic E-state index is 11.8. The summed E-state index contributed by atoms with van der Waals surface area (Å²) < 4.78 is 5.51. The number of hydrogen-bond acceptors (Lipinski definition) is 3. The molecule has 36 heavy (non-hydrogen) atoms. The molecule has 6 unspecified atom stereocenters. The second kappa shape index (κ2) is 12.2. The quantitative estimate of drug-likeness (QED) is 0.269. The first-order valence-electron chi connectivity index (χ1n) is 14.3.